The van der Waals surface area contributed by atoms with Crippen LogP contribution in [0.15, 0.2) is 18.2 Å². The van der Waals surface area contributed by atoms with Gasteiger partial charge in [0.25, 0.3) is 0 Å². The van der Waals surface area contributed by atoms with Crippen LogP contribution in [0, 0.1) is 17.2 Å². The Labute approximate surface area is 123 Å². The third-order valence-corrected chi connectivity index (χ3v) is 3.60. The second-order valence-electron chi connectivity index (χ2n) is 4.71. The minimum Gasteiger partial charge on any atom is -0.298 e. The number of Topliss-reactive ketones (excluding diaryl/α,β-unsaturated/α-hetero) is 1. The van der Waals surface area contributed by atoms with Gasteiger partial charge >= 0.3 is 6.18 Å². The molecular weight excluding hydrogens is 335 g/mol. The van der Waals surface area contributed by atoms with Crippen molar-refractivity contribution in [2.24, 2.45) is 5.92 Å². The number of alkyl halides is 4. The monoisotopic (exact) mass is 347 g/mol. The van der Waals surface area contributed by atoms with Crippen LogP contribution in [0.5, 0.6) is 0 Å². The van der Waals surface area contributed by atoms with E-state index in [1.54, 1.807) is 19.9 Å². The molecule has 0 aromatic heterocycles. The molecule has 108 valence electrons. The number of carbonyl (C=O) groups excluding carboxylic acids is 1. The van der Waals surface area contributed by atoms with Gasteiger partial charge in [-0.1, -0.05) is 35.8 Å². The summed E-state index contributed by atoms with van der Waals surface area (Å²) in [5, 5.41) is 8.68. The maximum atomic E-state index is 13.0. The van der Waals surface area contributed by atoms with Gasteiger partial charge in [-0.05, 0) is 24.1 Å². The number of rotatable bonds is 4. The third-order valence-electron chi connectivity index (χ3n) is 2.82. The topological polar surface area (TPSA) is 40.9 Å². The van der Waals surface area contributed by atoms with Crippen LogP contribution in [0.4, 0.5) is 13.2 Å². The van der Waals surface area contributed by atoms with Crippen LogP contribution in [-0.2, 0) is 17.4 Å². The lowest BCUT2D eigenvalue weighted by molar-refractivity contribution is -0.138. The molecule has 1 rings (SSSR count). The average molecular weight is 348 g/mol. The first-order valence-electron chi connectivity index (χ1n) is 5.94. The Hall–Kier alpha value is -1.35. The van der Waals surface area contributed by atoms with Gasteiger partial charge < -0.3 is 0 Å². The van der Waals surface area contributed by atoms with E-state index in [1.165, 1.54) is 12.1 Å². The lowest BCUT2D eigenvalue weighted by Gasteiger charge is -2.16. The Kier molecular flexibility index (Phi) is 5.35. The Morgan fingerprint density at radius 1 is 1.40 bits per heavy atom. The van der Waals surface area contributed by atoms with Crippen molar-refractivity contribution in [3.8, 4) is 6.07 Å². The number of ketones is 1. The fourth-order valence-corrected chi connectivity index (χ4v) is 2.62. The van der Waals surface area contributed by atoms with E-state index >= 15 is 0 Å². The first kappa shape index (κ1) is 16.7. The van der Waals surface area contributed by atoms with Crippen LogP contribution >= 0.6 is 15.9 Å². The van der Waals surface area contributed by atoms with Gasteiger partial charge in [0.15, 0.2) is 0 Å². The molecular formula is C14H13BrF3NO. The molecule has 2 nitrogen and oxygen atoms in total. The van der Waals surface area contributed by atoms with Gasteiger partial charge in [-0.3, -0.25) is 4.79 Å². The molecule has 0 aliphatic rings. The largest absolute Gasteiger partial charge is 0.416 e. The first-order chi connectivity index (χ1) is 9.16. The molecule has 0 aliphatic carbocycles. The summed E-state index contributed by atoms with van der Waals surface area (Å²) in [5.41, 5.74) is -0.910. The number of benzene rings is 1. The van der Waals surface area contributed by atoms with Gasteiger partial charge in [0.2, 0.25) is 0 Å². The van der Waals surface area contributed by atoms with Crippen LogP contribution in [-0.4, -0.2) is 10.6 Å². The Bertz CT molecular complexity index is 546. The molecule has 6 heteroatoms. The second-order valence-corrected chi connectivity index (χ2v) is 5.82. The maximum Gasteiger partial charge on any atom is 0.416 e. The van der Waals surface area contributed by atoms with E-state index in [0.717, 1.165) is 6.07 Å². The van der Waals surface area contributed by atoms with Gasteiger partial charge in [0.05, 0.1) is 22.0 Å². The molecule has 0 saturated carbocycles. The lowest BCUT2D eigenvalue weighted by atomic mass is 9.96. The Balaban J connectivity index is 3.13. The molecule has 1 atom stereocenters. The summed E-state index contributed by atoms with van der Waals surface area (Å²) >= 11 is 3.14. The van der Waals surface area contributed by atoms with Crippen molar-refractivity contribution < 1.29 is 18.0 Å². The number of hydrogen-bond donors (Lipinski definition) is 0. The van der Waals surface area contributed by atoms with E-state index in [2.05, 4.69) is 15.9 Å². The first-order valence-corrected chi connectivity index (χ1v) is 6.86. The smallest absolute Gasteiger partial charge is 0.298 e. The highest BCUT2D eigenvalue weighted by molar-refractivity contribution is 9.10. The summed E-state index contributed by atoms with van der Waals surface area (Å²) in [6.07, 6.45) is -4.60. The van der Waals surface area contributed by atoms with Crippen LogP contribution < -0.4 is 0 Å². The van der Waals surface area contributed by atoms with E-state index in [1.807, 2.05) is 0 Å². The van der Waals surface area contributed by atoms with Crippen LogP contribution in [0.25, 0.3) is 0 Å². The predicted molar refractivity (Wildman–Crippen MR) is 72.4 cm³/mol. The van der Waals surface area contributed by atoms with Gasteiger partial charge in [-0.15, -0.1) is 0 Å². The summed E-state index contributed by atoms with van der Waals surface area (Å²) in [6, 6.07) is 5.07. The van der Waals surface area contributed by atoms with Crippen LogP contribution in [0.1, 0.15) is 30.5 Å². The Morgan fingerprint density at radius 2 is 2.00 bits per heavy atom. The number of halogens is 4. The fraction of sp³-hybridized carbons (Fsp3) is 0.429. The molecule has 1 unspecified atom stereocenters. The summed E-state index contributed by atoms with van der Waals surface area (Å²) in [4.78, 5) is 11.1. The minimum atomic E-state index is -4.55. The van der Waals surface area contributed by atoms with Crippen LogP contribution in [0.3, 0.4) is 0 Å². The van der Waals surface area contributed by atoms with Crippen molar-refractivity contribution >= 4 is 21.7 Å². The van der Waals surface area contributed by atoms with Gasteiger partial charge in [-0.2, -0.15) is 18.4 Å². The molecule has 0 heterocycles. The zero-order valence-corrected chi connectivity index (χ0v) is 12.5. The van der Waals surface area contributed by atoms with E-state index in [9.17, 15) is 18.0 Å². The molecule has 1 aromatic carbocycles. The SMILES string of the molecule is CC(C)C(=O)C(Br)Cc1ccc(C#N)cc1C(F)(F)F. The van der Waals surface area contributed by atoms with Crippen LogP contribution in [0.2, 0.25) is 0 Å². The number of carbonyl (C=O) groups is 1. The van der Waals surface area contributed by atoms with Crippen molar-refractivity contribution in [1.29, 1.82) is 5.26 Å². The van der Waals surface area contributed by atoms with Gasteiger partial charge in [0, 0.05) is 5.92 Å². The highest BCUT2D eigenvalue weighted by Crippen LogP contribution is 2.34. The molecule has 0 saturated heterocycles. The summed E-state index contributed by atoms with van der Waals surface area (Å²) in [7, 11) is 0. The zero-order valence-electron chi connectivity index (χ0n) is 11.0. The quantitative estimate of drug-likeness (QED) is 0.769. The number of nitriles is 1. The summed E-state index contributed by atoms with van der Waals surface area (Å²) in [6.45, 7) is 3.39. The van der Waals surface area contributed by atoms with E-state index in [0.29, 0.717) is 0 Å². The highest BCUT2D eigenvalue weighted by atomic mass is 79.9. The molecule has 0 radical (unpaired) electrons. The fourth-order valence-electron chi connectivity index (χ4n) is 1.74. The molecule has 0 aliphatic heterocycles. The normalized spacial score (nSPS) is 13.1. The van der Waals surface area contributed by atoms with Crippen molar-refractivity contribution in [2.75, 3.05) is 0 Å². The minimum absolute atomic E-state index is 0.00683. The summed E-state index contributed by atoms with van der Waals surface area (Å²) < 4.78 is 38.9. The maximum absolute atomic E-state index is 13.0. The molecule has 1 aromatic rings. The third kappa shape index (κ3) is 4.07. The molecule has 0 spiro atoms. The van der Waals surface area contributed by atoms with Crippen molar-refractivity contribution in [1.82, 2.24) is 0 Å². The Morgan fingerprint density at radius 3 is 2.45 bits per heavy atom. The van der Waals surface area contributed by atoms with Gasteiger partial charge in [0.1, 0.15) is 5.78 Å². The predicted octanol–water partition coefficient (Wildman–Crippen LogP) is 4.11. The van der Waals surface area contributed by atoms with E-state index in [4.69, 9.17) is 5.26 Å². The molecule has 0 fully saturated rings. The molecule has 0 amide bonds. The van der Waals surface area contributed by atoms with Gasteiger partial charge in [-0.25, -0.2) is 0 Å². The average Bonchev–Trinajstić information content (AvgIpc) is 2.36. The number of hydrogen-bond acceptors (Lipinski definition) is 2. The molecule has 0 N–H and O–H groups in total. The van der Waals surface area contributed by atoms with Crippen molar-refractivity contribution in [3.63, 3.8) is 0 Å². The van der Waals surface area contributed by atoms with E-state index < -0.39 is 16.6 Å². The lowest BCUT2D eigenvalue weighted by Crippen LogP contribution is -2.23. The zero-order chi connectivity index (χ0) is 15.5. The molecule has 20 heavy (non-hydrogen) atoms. The van der Waals surface area contributed by atoms with Crippen molar-refractivity contribution in [2.45, 2.75) is 31.3 Å². The van der Waals surface area contributed by atoms with Crippen molar-refractivity contribution in [3.05, 3.63) is 34.9 Å². The molecule has 0 bridgehead atoms. The standard InChI is InChI=1S/C14H13BrF3NO/c1-8(2)13(20)12(15)6-10-4-3-9(7-19)5-11(10)14(16,17)18/h3-5,8,12H,6H2,1-2H3. The van der Waals surface area contributed by atoms with E-state index in [-0.39, 0.29) is 29.2 Å². The highest BCUT2D eigenvalue weighted by Gasteiger charge is 2.34. The second kappa shape index (κ2) is 6.40. The summed E-state index contributed by atoms with van der Waals surface area (Å²) in [5.74, 6) is -0.408. The number of nitrogens with zero attached hydrogens (tertiary/aromatic N) is 1.